The van der Waals surface area contributed by atoms with Crippen molar-refractivity contribution in [3.63, 3.8) is 0 Å². The van der Waals surface area contributed by atoms with E-state index in [-0.39, 0.29) is 12.4 Å². The van der Waals surface area contributed by atoms with Crippen molar-refractivity contribution in [1.82, 2.24) is 20.1 Å². The molecule has 0 aromatic carbocycles. The number of rotatable bonds is 1. The maximum Gasteiger partial charge on any atom is 0.147 e. The van der Waals surface area contributed by atoms with Gasteiger partial charge in [-0.25, -0.2) is 0 Å². The molecule has 0 saturated heterocycles. The minimum absolute atomic E-state index is 0. The zero-order valence-corrected chi connectivity index (χ0v) is 8.89. The number of halogens is 1. The standard InChI is InChI=1S/C9H14N4.ClH/c1-2-7(3-1)9-12-11-8-6-10-4-5-13(8)9;/h7,10H,1-6H2;1H. The molecule has 2 heterocycles. The molecule has 1 N–H and O–H groups in total. The lowest BCUT2D eigenvalue weighted by Gasteiger charge is -2.26. The highest BCUT2D eigenvalue weighted by molar-refractivity contribution is 5.85. The molecular formula is C9H15ClN4. The Morgan fingerprint density at radius 1 is 1.29 bits per heavy atom. The molecule has 0 spiro atoms. The first-order chi connectivity index (χ1) is 6.45. The monoisotopic (exact) mass is 214 g/mol. The molecule has 1 aliphatic heterocycles. The Morgan fingerprint density at radius 2 is 2.14 bits per heavy atom. The van der Waals surface area contributed by atoms with Crippen LogP contribution in [0, 0.1) is 0 Å². The van der Waals surface area contributed by atoms with Crippen LogP contribution in [0.2, 0.25) is 0 Å². The third-order valence-electron chi connectivity index (χ3n) is 3.12. The predicted octanol–water partition coefficient (Wildman–Crippen LogP) is 1.07. The molecule has 1 aliphatic carbocycles. The summed E-state index contributed by atoms with van der Waals surface area (Å²) >= 11 is 0. The molecule has 2 aliphatic rings. The van der Waals surface area contributed by atoms with E-state index in [1.807, 2.05) is 0 Å². The highest BCUT2D eigenvalue weighted by Gasteiger charge is 2.27. The van der Waals surface area contributed by atoms with Gasteiger partial charge < -0.3 is 9.88 Å². The van der Waals surface area contributed by atoms with E-state index >= 15 is 0 Å². The molecule has 0 unspecified atom stereocenters. The summed E-state index contributed by atoms with van der Waals surface area (Å²) in [6.45, 7) is 3.00. The molecule has 3 rings (SSSR count). The van der Waals surface area contributed by atoms with Gasteiger partial charge in [0.2, 0.25) is 0 Å². The summed E-state index contributed by atoms with van der Waals surface area (Å²) in [6, 6.07) is 0. The zero-order chi connectivity index (χ0) is 8.67. The number of aromatic nitrogens is 3. The number of hydrogen-bond acceptors (Lipinski definition) is 3. The van der Waals surface area contributed by atoms with Gasteiger partial charge in [-0.15, -0.1) is 22.6 Å². The smallest absolute Gasteiger partial charge is 0.147 e. The van der Waals surface area contributed by atoms with E-state index in [2.05, 4.69) is 20.1 Å². The molecule has 0 atom stereocenters. The van der Waals surface area contributed by atoms with E-state index in [4.69, 9.17) is 0 Å². The van der Waals surface area contributed by atoms with E-state index in [0.717, 1.165) is 25.5 Å². The SMILES string of the molecule is C1CC(c2nnc3n2CCNC3)C1.Cl. The van der Waals surface area contributed by atoms with Crippen LogP contribution in [0.5, 0.6) is 0 Å². The molecule has 0 amide bonds. The molecule has 14 heavy (non-hydrogen) atoms. The van der Waals surface area contributed by atoms with Gasteiger partial charge in [-0.2, -0.15) is 0 Å². The molecule has 0 bridgehead atoms. The van der Waals surface area contributed by atoms with Gasteiger partial charge in [0.1, 0.15) is 11.6 Å². The fourth-order valence-electron chi connectivity index (χ4n) is 2.08. The maximum absolute atomic E-state index is 4.29. The average molecular weight is 215 g/mol. The summed E-state index contributed by atoms with van der Waals surface area (Å²) in [5.41, 5.74) is 0. The van der Waals surface area contributed by atoms with Gasteiger partial charge in [-0.1, -0.05) is 6.42 Å². The van der Waals surface area contributed by atoms with E-state index in [0.29, 0.717) is 5.92 Å². The van der Waals surface area contributed by atoms with Gasteiger partial charge in [0.05, 0.1) is 6.54 Å². The van der Waals surface area contributed by atoms with Gasteiger partial charge in [0, 0.05) is 19.0 Å². The molecule has 0 radical (unpaired) electrons. The van der Waals surface area contributed by atoms with Crippen molar-refractivity contribution in [1.29, 1.82) is 0 Å². The van der Waals surface area contributed by atoms with Crippen molar-refractivity contribution in [3.8, 4) is 0 Å². The zero-order valence-electron chi connectivity index (χ0n) is 8.07. The van der Waals surface area contributed by atoms with Crippen molar-refractivity contribution >= 4 is 12.4 Å². The first-order valence-electron chi connectivity index (χ1n) is 5.08. The highest BCUT2D eigenvalue weighted by Crippen LogP contribution is 2.35. The van der Waals surface area contributed by atoms with Crippen LogP contribution in [0.4, 0.5) is 0 Å². The van der Waals surface area contributed by atoms with Crippen molar-refractivity contribution in [2.75, 3.05) is 6.54 Å². The van der Waals surface area contributed by atoms with Crippen LogP contribution < -0.4 is 5.32 Å². The van der Waals surface area contributed by atoms with Gasteiger partial charge >= 0.3 is 0 Å². The van der Waals surface area contributed by atoms with Gasteiger partial charge in [-0.05, 0) is 12.8 Å². The molecule has 1 aromatic heterocycles. The van der Waals surface area contributed by atoms with Crippen molar-refractivity contribution in [2.45, 2.75) is 38.3 Å². The average Bonchev–Trinajstić information content (AvgIpc) is 2.47. The summed E-state index contributed by atoms with van der Waals surface area (Å²) in [7, 11) is 0. The number of nitrogens with one attached hydrogen (secondary N) is 1. The fourth-order valence-corrected chi connectivity index (χ4v) is 2.08. The first-order valence-corrected chi connectivity index (χ1v) is 5.08. The summed E-state index contributed by atoms with van der Waals surface area (Å²) in [4.78, 5) is 0. The fraction of sp³-hybridized carbons (Fsp3) is 0.778. The highest BCUT2D eigenvalue weighted by atomic mass is 35.5. The van der Waals surface area contributed by atoms with Gasteiger partial charge in [-0.3, -0.25) is 0 Å². The molecule has 5 heteroatoms. The van der Waals surface area contributed by atoms with E-state index < -0.39 is 0 Å². The third-order valence-corrected chi connectivity index (χ3v) is 3.12. The largest absolute Gasteiger partial charge is 0.312 e. The second kappa shape index (κ2) is 3.87. The Morgan fingerprint density at radius 3 is 2.86 bits per heavy atom. The number of fused-ring (bicyclic) bond motifs is 1. The quantitative estimate of drug-likeness (QED) is 0.761. The van der Waals surface area contributed by atoms with Gasteiger partial charge in [0.15, 0.2) is 0 Å². The minimum Gasteiger partial charge on any atom is -0.312 e. The molecule has 1 saturated carbocycles. The lowest BCUT2D eigenvalue weighted by molar-refractivity contribution is 0.376. The van der Waals surface area contributed by atoms with E-state index in [1.54, 1.807) is 0 Å². The summed E-state index contributed by atoms with van der Waals surface area (Å²) < 4.78 is 2.31. The minimum atomic E-state index is 0. The van der Waals surface area contributed by atoms with Crippen LogP contribution in [0.1, 0.15) is 36.8 Å². The van der Waals surface area contributed by atoms with Crippen molar-refractivity contribution in [3.05, 3.63) is 11.6 Å². The Kier molecular flexibility index (Phi) is 2.74. The van der Waals surface area contributed by atoms with Crippen molar-refractivity contribution in [2.24, 2.45) is 0 Å². The Labute approximate surface area is 89.5 Å². The van der Waals surface area contributed by atoms with Crippen LogP contribution >= 0.6 is 12.4 Å². The molecule has 1 fully saturated rings. The second-order valence-corrected chi connectivity index (χ2v) is 3.93. The Hall–Kier alpha value is -0.610. The van der Waals surface area contributed by atoms with Gasteiger partial charge in [0.25, 0.3) is 0 Å². The van der Waals surface area contributed by atoms with E-state index in [1.165, 1.54) is 25.1 Å². The molecule has 78 valence electrons. The first kappa shape index (κ1) is 9.93. The van der Waals surface area contributed by atoms with Crippen LogP contribution in [0.15, 0.2) is 0 Å². The number of nitrogens with zero attached hydrogens (tertiary/aromatic N) is 3. The predicted molar refractivity (Wildman–Crippen MR) is 55.6 cm³/mol. The Balaban J connectivity index is 0.000000750. The maximum atomic E-state index is 4.29. The van der Waals surface area contributed by atoms with Crippen LogP contribution in [0.25, 0.3) is 0 Å². The topological polar surface area (TPSA) is 42.7 Å². The second-order valence-electron chi connectivity index (χ2n) is 3.93. The third kappa shape index (κ3) is 1.42. The molecule has 4 nitrogen and oxygen atoms in total. The lowest BCUT2D eigenvalue weighted by atomic mass is 9.85. The van der Waals surface area contributed by atoms with Crippen LogP contribution in [-0.2, 0) is 13.1 Å². The van der Waals surface area contributed by atoms with Crippen LogP contribution in [-0.4, -0.2) is 21.3 Å². The normalized spacial score (nSPS) is 20.9. The lowest BCUT2D eigenvalue weighted by Crippen LogP contribution is -2.30. The summed E-state index contributed by atoms with van der Waals surface area (Å²) in [6.07, 6.45) is 3.99. The molecular weight excluding hydrogens is 200 g/mol. The van der Waals surface area contributed by atoms with Crippen LogP contribution in [0.3, 0.4) is 0 Å². The summed E-state index contributed by atoms with van der Waals surface area (Å²) in [5, 5.41) is 11.8. The van der Waals surface area contributed by atoms with E-state index in [9.17, 15) is 0 Å². The molecule has 1 aromatic rings. The van der Waals surface area contributed by atoms with Crippen molar-refractivity contribution < 1.29 is 0 Å². The summed E-state index contributed by atoms with van der Waals surface area (Å²) in [5.74, 6) is 3.07. The number of hydrogen-bond donors (Lipinski definition) is 1. The Bertz CT molecular complexity index is 319.